The van der Waals surface area contributed by atoms with Crippen molar-refractivity contribution in [2.75, 3.05) is 6.61 Å². The van der Waals surface area contributed by atoms with Gasteiger partial charge in [0.05, 0.1) is 0 Å². The van der Waals surface area contributed by atoms with E-state index in [1.165, 1.54) is 5.56 Å². The zero-order valence-electron chi connectivity index (χ0n) is 5.25. The summed E-state index contributed by atoms with van der Waals surface area (Å²) in [6.45, 7) is 0.240. The summed E-state index contributed by atoms with van der Waals surface area (Å²) >= 11 is 0. The first-order valence-electron chi connectivity index (χ1n) is 3.08. The van der Waals surface area contributed by atoms with Crippen LogP contribution in [0.4, 0.5) is 0 Å². The van der Waals surface area contributed by atoms with Gasteiger partial charge >= 0.3 is 23.1 Å². The third-order valence-corrected chi connectivity index (χ3v) is 1.24. The van der Waals surface area contributed by atoms with Gasteiger partial charge < -0.3 is 5.11 Å². The molecule has 1 aromatic rings. The lowest BCUT2D eigenvalue weighted by atomic mass is 10.2. The van der Waals surface area contributed by atoms with Crippen LogP contribution in [0, 0.1) is 0 Å². The highest BCUT2D eigenvalue weighted by atomic mass is 24.3. The highest BCUT2D eigenvalue weighted by Crippen LogP contribution is 1.97. The van der Waals surface area contributed by atoms with Crippen LogP contribution in [-0.4, -0.2) is 34.8 Å². The predicted molar refractivity (Wildman–Crippen MR) is 45.8 cm³/mol. The second kappa shape index (κ2) is 5.71. The Morgan fingerprint density at radius 2 is 1.70 bits per heavy atom. The maximum atomic E-state index is 8.52. The van der Waals surface area contributed by atoms with E-state index in [1.807, 2.05) is 30.3 Å². The molecule has 0 amide bonds. The summed E-state index contributed by atoms with van der Waals surface area (Å²) in [4.78, 5) is 0. The molecule has 0 aliphatic rings. The maximum absolute atomic E-state index is 8.52. The van der Waals surface area contributed by atoms with Crippen molar-refractivity contribution in [2.24, 2.45) is 0 Å². The SMILES string of the molecule is OCCc1ccccc1.[MgH2]. The van der Waals surface area contributed by atoms with Gasteiger partial charge in [0.15, 0.2) is 0 Å². The summed E-state index contributed by atoms with van der Waals surface area (Å²) in [6.07, 6.45) is 0.765. The lowest BCUT2D eigenvalue weighted by molar-refractivity contribution is 0.299. The highest BCUT2D eigenvalue weighted by molar-refractivity contribution is 5.75. The minimum atomic E-state index is 0. The zero-order chi connectivity index (χ0) is 6.53. The van der Waals surface area contributed by atoms with Crippen LogP contribution in [0.5, 0.6) is 0 Å². The quantitative estimate of drug-likeness (QED) is 0.599. The second-order valence-corrected chi connectivity index (χ2v) is 1.96. The van der Waals surface area contributed by atoms with Crippen LogP contribution < -0.4 is 0 Å². The smallest absolute Gasteiger partial charge is 0.316 e. The van der Waals surface area contributed by atoms with Crippen molar-refractivity contribution in [1.29, 1.82) is 0 Å². The lowest BCUT2D eigenvalue weighted by Gasteiger charge is -1.93. The van der Waals surface area contributed by atoms with Gasteiger partial charge in [-0.25, -0.2) is 0 Å². The number of aliphatic hydroxyl groups excluding tert-OH is 1. The molecule has 0 aliphatic heterocycles. The third kappa shape index (κ3) is 3.20. The van der Waals surface area contributed by atoms with Crippen molar-refractivity contribution in [2.45, 2.75) is 6.42 Å². The van der Waals surface area contributed by atoms with E-state index in [9.17, 15) is 0 Å². The summed E-state index contributed by atoms with van der Waals surface area (Å²) in [5, 5.41) is 8.52. The minimum absolute atomic E-state index is 0. The Morgan fingerprint density at radius 1 is 1.10 bits per heavy atom. The van der Waals surface area contributed by atoms with E-state index < -0.39 is 0 Å². The van der Waals surface area contributed by atoms with Crippen LogP contribution in [0.2, 0.25) is 0 Å². The van der Waals surface area contributed by atoms with Crippen molar-refractivity contribution in [3.63, 3.8) is 0 Å². The van der Waals surface area contributed by atoms with Gasteiger partial charge in [-0.3, -0.25) is 0 Å². The molecule has 10 heavy (non-hydrogen) atoms. The van der Waals surface area contributed by atoms with Gasteiger partial charge in [-0.2, -0.15) is 0 Å². The summed E-state index contributed by atoms with van der Waals surface area (Å²) in [5.74, 6) is 0. The van der Waals surface area contributed by atoms with Crippen molar-refractivity contribution in [3.05, 3.63) is 35.9 Å². The first-order valence-corrected chi connectivity index (χ1v) is 3.08. The molecule has 0 aromatic heterocycles. The summed E-state index contributed by atoms with van der Waals surface area (Å²) in [6, 6.07) is 9.95. The van der Waals surface area contributed by atoms with Crippen LogP contribution >= 0.6 is 0 Å². The summed E-state index contributed by atoms with van der Waals surface area (Å²) in [7, 11) is 0. The fourth-order valence-corrected chi connectivity index (χ4v) is 0.774. The zero-order valence-corrected chi connectivity index (χ0v) is 5.25. The fourth-order valence-electron chi connectivity index (χ4n) is 0.774. The Hall–Kier alpha value is -0.0538. The molecular formula is C8H12MgO. The second-order valence-electron chi connectivity index (χ2n) is 1.96. The molecule has 1 aromatic carbocycles. The Morgan fingerprint density at radius 3 is 2.20 bits per heavy atom. The summed E-state index contributed by atoms with van der Waals surface area (Å²) < 4.78 is 0. The lowest BCUT2D eigenvalue weighted by Crippen LogP contribution is -1.88. The third-order valence-electron chi connectivity index (χ3n) is 1.24. The monoisotopic (exact) mass is 148 g/mol. The minimum Gasteiger partial charge on any atom is -0.396 e. The van der Waals surface area contributed by atoms with Crippen LogP contribution in [-0.2, 0) is 6.42 Å². The van der Waals surface area contributed by atoms with Crippen LogP contribution in [0.15, 0.2) is 30.3 Å². The highest BCUT2D eigenvalue weighted by Gasteiger charge is 1.85. The van der Waals surface area contributed by atoms with E-state index in [-0.39, 0.29) is 29.7 Å². The van der Waals surface area contributed by atoms with Gasteiger partial charge in [0.25, 0.3) is 0 Å². The van der Waals surface area contributed by atoms with E-state index in [1.54, 1.807) is 0 Å². The van der Waals surface area contributed by atoms with Gasteiger partial charge in [-0.05, 0) is 12.0 Å². The topological polar surface area (TPSA) is 20.2 Å². The number of benzene rings is 1. The molecule has 0 heterocycles. The number of aliphatic hydroxyl groups is 1. The Bertz CT molecular complexity index is 162. The van der Waals surface area contributed by atoms with Gasteiger partial charge in [0.1, 0.15) is 0 Å². The summed E-state index contributed by atoms with van der Waals surface area (Å²) in [5.41, 5.74) is 1.19. The van der Waals surface area contributed by atoms with Crippen molar-refractivity contribution in [1.82, 2.24) is 0 Å². The first-order chi connectivity index (χ1) is 4.43. The molecule has 0 unspecified atom stereocenters. The molecule has 0 bridgehead atoms. The molecule has 1 N–H and O–H groups in total. The maximum Gasteiger partial charge on any atom is 0.316 e. The molecule has 0 spiro atoms. The van der Waals surface area contributed by atoms with Crippen LogP contribution in [0.1, 0.15) is 5.56 Å². The van der Waals surface area contributed by atoms with E-state index in [2.05, 4.69) is 0 Å². The van der Waals surface area contributed by atoms with Crippen LogP contribution in [0.3, 0.4) is 0 Å². The molecule has 0 saturated carbocycles. The van der Waals surface area contributed by atoms with Crippen molar-refractivity contribution >= 4 is 23.1 Å². The average Bonchev–Trinajstić information content (AvgIpc) is 1.91. The van der Waals surface area contributed by atoms with E-state index in [0.717, 1.165) is 6.42 Å². The van der Waals surface area contributed by atoms with Crippen molar-refractivity contribution in [3.8, 4) is 0 Å². The molecule has 0 aliphatic carbocycles. The van der Waals surface area contributed by atoms with Gasteiger partial charge in [-0.15, -0.1) is 0 Å². The van der Waals surface area contributed by atoms with Crippen LogP contribution in [0.25, 0.3) is 0 Å². The largest absolute Gasteiger partial charge is 0.396 e. The fraction of sp³-hybridized carbons (Fsp3) is 0.250. The standard InChI is InChI=1S/C8H10O.Mg.2H/c9-7-6-8-4-2-1-3-5-8;;;/h1-5,9H,6-7H2;;;. The van der Waals surface area contributed by atoms with E-state index >= 15 is 0 Å². The first kappa shape index (κ1) is 9.95. The van der Waals surface area contributed by atoms with E-state index in [0.29, 0.717) is 0 Å². The van der Waals surface area contributed by atoms with E-state index in [4.69, 9.17) is 5.11 Å². The number of hydrogen-bond donors (Lipinski definition) is 1. The molecule has 0 fully saturated rings. The van der Waals surface area contributed by atoms with Gasteiger partial charge in [0.2, 0.25) is 0 Å². The Kier molecular flexibility index (Phi) is 5.68. The average molecular weight is 148 g/mol. The van der Waals surface area contributed by atoms with Crippen molar-refractivity contribution < 1.29 is 5.11 Å². The molecule has 0 radical (unpaired) electrons. The Balaban J connectivity index is 0.000000810. The predicted octanol–water partition coefficient (Wildman–Crippen LogP) is 0.305. The molecule has 2 heteroatoms. The normalized spacial score (nSPS) is 8.50. The molecule has 1 rings (SSSR count). The molecule has 52 valence electrons. The van der Waals surface area contributed by atoms with Gasteiger partial charge in [-0.1, -0.05) is 30.3 Å². The number of rotatable bonds is 2. The molecule has 1 nitrogen and oxygen atoms in total. The molecule has 0 saturated heterocycles. The number of hydrogen-bond acceptors (Lipinski definition) is 1. The molecular weight excluding hydrogens is 136 g/mol. The van der Waals surface area contributed by atoms with Gasteiger partial charge in [0, 0.05) is 6.61 Å². The Labute approximate surface area is 77.2 Å². The molecule has 0 atom stereocenters.